The van der Waals surface area contributed by atoms with E-state index in [1.165, 1.54) is 65.2 Å². The lowest BCUT2D eigenvalue weighted by Gasteiger charge is -2.25. The van der Waals surface area contributed by atoms with Gasteiger partial charge in [0.1, 0.15) is 17.2 Å². The average Bonchev–Trinajstić information content (AvgIpc) is 1.62. The molecule has 149 heavy (non-hydrogen) atoms. The van der Waals surface area contributed by atoms with Crippen molar-refractivity contribution in [2.45, 2.75) is 117 Å². The van der Waals surface area contributed by atoms with Crippen LogP contribution in [0.4, 0.5) is 52.4 Å². The van der Waals surface area contributed by atoms with Gasteiger partial charge in [-0.25, -0.2) is 39.2 Å². The number of nitrogens with one attached hydrogen (secondary N) is 9. The van der Waals surface area contributed by atoms with E-state index in [-0.39, 0.29) is 190 Å². The number of amidine groups is 5. The fourth-order valence-electron chi connectivity index (χ4n) is 15.6. The van der Waals surface area contributed by atoms with E-state index in [0.717, 1.165) is 104 Å². The SMILES string of the molecule is C=C1NC(=O)N(c2cc(C)c(Cc3ccc(O)c(-c4ccccc4)n3)c(C)c2)N=C1N.C=C1NC(=O)N(c2cc(Cl)c(OC(=N)/C=C(\C(N)=O)[C@@H](C)CC)c(Cl)c2)N=C1N.C=C1NC(=O)N(c2cc(Cl)c(Oc3cc(C4CCC4)c(=O)[nH]n3)c(Cl)c2)N=C1N.C=C1NC(=O)N(c2cc(Cl)c(Oc3cc(C4CCCC4)c(=O)[nH]n3)c(Cl)c2)N=C1N.C=C1NC(=O)N(c2cc(Cl)c(Oc3ccc4[nH]cc(C(C)C)c4c3)c(Cl)c2)N=C1N. The Hall–Kier alpha value is -16.4. The van der Waals surface area contributed by atoms with E-state index in [2.05, 4.69) is 124 Å². The second kappa shape index (κ2) is 46.5. The van der Waals surface area contributed by atoms with E-state index >= 15 is 0 Å². The summed E-state index contributed by atoms with van der Waals surface area (Å²) in [5, 5.41) is 70.9. The van der Waals surface area contributed by atoms with Crippen LogP contribution in [-0.2, 0) is 11.2 Å². The van der Waals surface area contributed by atoms with Gasteiger partial charge in [-0.2, -0.15) is 25.0 Å². The number of urea groups is 5. The topological polar surface area (TPSA) is 598 Å². The van der Waals surface area contributed by atoms with E-state index in [4.69, 9.17) is 157 Å². The molecule has 7 aromatic carbocycles. The molecule has 2 fully saturated rings. The Morgan fingerprint density at radius 1 is 0.490 bits per heavy atom. The number of carbonyl (C=O) groups is 6. The normalized spacial score (nSPS) is 15.5. The number of aryl methyl sites for hydroxylation is 2. The molecule has 0 radical (unpaired) electrons. The van der Waals surface area contributed by atoms with Crippen LogP contribution in [-0.4, -0.2) is 107 Å². The van der Waals surface area contributed by atoms with Crippen molar-refractivity contribution in [3.8, 4) is 57.5 Å². The highest BCUT2D eigenvalue weighted by atomic mass is 35.5. The van der Waals surface area contributed by atoms with Crippen molar-refractivity contribution in [2.75, 3.05) is 25.0 Å². The number of fused-ring (bicyclic) bond motifs is 1. The highest BCUT2D eigenvalue weighted by molar-refractivity contribution is 6.40. The monoisotopic (exact) mass is 2180 g/mol. The maximum atomic E-state index is 12.3. The van der Waals surface area contributed by atoms with Crippen LogP contribution in [0.25, 0.3) is 22.2 Å². The zero-order chi connectivity index (χ0) is 108. The first kappa shape index (κ1) is 108. The summed E-state index contributed by atoms with van der Waals surface area (Å²) in [4.78, 5) is 105. The predicted molar refractivity (Wildman–Crippen MR) is 580 cm³/mol. The van der Waals surface area contributed by atoms with Crippen molar-refractivity contribution in [3.05, 3.63) is 313 Å². The van der Waals surface area contributed by atoms with Gasteiger partial charge in [0, 0.05) is 69.7 Å². The van der Waals surface area contributed by atoms with Crippen molar-refractivity contribution >= 4 is 203 Å². The summed E-state index contributed by atoms with van der Waals surface area (Å²) in [6, 6.07) is 34.8. The molecule has 49 heteroatoms. The molecule has 7 aliphatic rings. The average molecular weight is 2180 g/mol. The molecular formula is C100H96Cl8N28O13. The summed E-state index contributed by atoms with van der Waals surface area (Å²) < 4.78 is 22.9. The minimum Gasteiger partial charge on any atom is -0.506 e. The van der Waals surface area contributed by atoms with Gasteiger partial charge in [0.05, 0.1) is 97.1 Å². The van der Waals surface area contributed by atoms with E-state index < -0.39 is 36.1 Å². The molecule has 1 atom stereocenters. The Kier molecular flexibility index (Phi) is 33.8. The lowest BCUT2D eigenvalue weighted by molar-refractivity contribution is -0.115. The number of anilines is 5. The molecule has 11 aromatic rings. The quantitative estimate of drug-likeness (QED) is 0.0170. The first-order valence-electron chi connectivity index (χ1n) is 45.4. The molecule has 0 spiro atoms. The van der Waals surface area contributed by atoms with Gasteiger partial charge in [-0.15, -0.1) is 35.7 Å². The number of nitrogens with zero attached hydrogens (tertiary/aromatic N) is 13. The maximum Gasteiger partial charge on any atom is 0.347 e. The molecule has 18 rings (SSSR count). The number of hydrazone groups is 5. The Morgan fingerprint density at radius 3 is 1.21 bits per heavy atom. The summed E-state index contributed by atoms with van der Waals surface area (Å²) >= 11 is 50.6. The number of H-pyrrole nitrogens is 3. The van der Waals surface area contributed by atoms with E-state index in [1.54, 1.807) is 18.2 Å². The Morgan fingerprint density at radius 2 is 0.852 bits per heavy atom. The number of benzene rings is 7. The number of hydrogen-bond donors (Lipinski definition) is 16. The van der Waals surface area contributed by atoms with Crippen molar-refractivity contribution in [3.63, 3.8) is 0 Å². The van der Waals surface area contributed by atoms with Gasteiger partial charge < -0.3 is 90.0 Å². The number of ether oxygens (including phenoxy) is 4. The number of aromatic amines is 3. The number of pyridine rings is 1. The summed E-state index contributed by atoms with van der Waals surface area (Å²) in [6.45, 7) is 29.9. The van der Waals surface area contributed by atoms with Gasteiger partial charge in [0.2, 0.25) is 23.6 Å². The van der Waals surface area contributed by atoms with Crippen molar-refractivity contribution in [2.24, 2.45) is 65.8 Å². The molecule has 4 aromatic heterocycles. The summed E-state index contributed by atoms with van der Waals surface area (Å²) in [5.41, 5.74) is 45.5. The third-order valence-electron chi connectivity index (χ3n) is 23.8. The Balaban J connectivity index is 0.000000147. The number of carbonyl (C=O) groups excluding carboxylic acids is 6. The first-order valence-corrected chi connectivity index (χ1v) is 48.5. The number of aromatic nitrogens is 6. The predicted octanol–water partition coefficient (Wildman–Crippen LogP) is 20.1. The largest absolute Gasteiger partial charge is 0.506 e. The minimum absolute atomic E-state index is 0.0146. The molecule has 2 saturated carbocycles. The van der Waals surface area contributed by atoms with Gasteiger partial charge in [-0.3, -0.25) is 19.8 Å². The van der Waals surface area contributed by atoms with Crippen LogP contribution in [0.15, 0.2) is 248 Å². The maximum absolute atomic E-state index is 12.3. The van der Waals surface area contributed by atoms with Crippen LogP contribution in [0, 0.1) is 25.2 Å². The molecule has 41 nitrogen and oxygen atoms in total. The Bertz CT molecular complexity index is 7570. The molecule has 11 amide bonds. The number of hydrogen-bond acceptors (Lipinski definition) is 27. The fraction of sp³-hybridized carbons (Fsp3) is 0.190. The summed E-state index contributed by atoms with van der Waals surface area (Å²) in [7, 11) is 0. The van der Waals surface area contributed by atoms with E-state index in [9.17, 15) is 43.5 Å². The number of aromatic hydroxyl groups is 1. The minimum atomic E-state index is -0.645. The highest BCUT2D eigenvalue weighted by Gasteiger charge is 2.34. The van der Waals surface area contributed by atoms with Crippen LogP contribution in [0.1, 0.15) is 136 Å². The van der Waals surface area contributed by atoms with Crippen molar-refractivity contribution in [1.82, 2.24) is 56.9 Å². The zero-order valence-electron chi connectivity index (χ0n) is 80.2. The fourth-order valence-corrected chi connectivity index (χ4v) is 17.8. The smallest absolute Gasteiger partial charge is 0.347 e. The molecule has 5 aliphatic heterocycles. The van der Waals surface area contributed by atoms with Gasteiger partial charge >= 0.3 is 30.2 Å². The second-order valence-electron chi connectivity index (χ2n) is 34.5. The van der Waals surface area contributed by atoms with Gasteiger partial charge in [-0.05, 0) is 183 Å². The molecular weight excluding hydrogens is 2080 g/mol. The molecule has 0 unspecified atom stereocenters. The number of primary amides is 1. The summed E-state index contributed by atoms with van der Waals surface area (Å²) in [5.74, 6) is 1.56. The zero-order valence-corrected chi connectivity index (χ0v) is 86.3. The van der Waals surface area contributed by atoms with Crippen LogP contribution >= 0.6 is 92.8 Å². The first-order chi connectivity index (χ1) is 70.8. The number of nitrogens with two attached hydrogens (primary N) is 6. The van der Waals surface area contributed by atoms with Crippen LogP contribution < -0.4 is 116 Å². The third kappa shape index (κ3) is 25.3. The molecule has 22 N–H and O–H groups in total. The van der Waals surface area contributed by atoms with Crippen LogP contribution in [0.2, 0.25) is 40.2 Å². The number of halogens is 8. The van der Waals surface area contributed by atoms with E-state index in [1.807, 2.05) is 101 Å². The van der Waals surface area contributed by atoms with Gasteiger partial charge in [0.15, 0.2) is 52.2 Å². The van der Waals surface area contributed by atoms with Crippen LogP contribution in [0.3, 0.4) is 0 Å². The molecule has 0 saturated heterocycles. The number of amides is 11. The lowest BCUT2D eigenvalue weighted by Crippen LogP contribution is -2.45. The van der Waals surface area contributed by atoms with Crippen LogP contribution in [0.5, 0.6) is 46.3 Å². The molecule has 770 valence electrons. The molecule has 2 aliphatic carbocycles. The van der Waals surface area contributed by atoms with Crippen molar-refractivity contribution < 1.29 is 52.8 Å². The Labute approximate surface area is 890 Å². The van der Waals surface area contributed by atoms with E-state index in [0.29, 0.717) is 58.4 Å². The highest BCUT2D eigenvalue weighted by Crippen LogP contribution is 2.47. The molecule has 0 bridgehead atoms. The third-order valence-corrected chi connectivity index (χ3v) is 26.1. The van der Waals surface area contributed by atoms with Crippen molar-refractivity contribution in [1.29, 1.82) is 5.41 Å². The standard InChI is InChI=1S/C24H23N5O2.C21H19Cl2N5O2.C19H18Cl2N6O3.C18H16Cl2N6O3.C18H20Cl2N6O3/c1-14-11-19(29-24(31)26-16(3)23(25)28-29)12-15(2)20(14)13-18-9-10-21(30)22(27-18)17-7-5-4-6-8-17;1-10(2)15-9-25-18-5-4-13(8-14(15)18)30-19-16(22)6-12(7-17(19)23)28-21(29)26-11(3)20(24)27-28;1-9-17(22)26-27(19(29)23-9)11-6-13(20)16(14(21)7-11)30-15-8-12(18(28)25-24-15)10-4-2-3-5-10;1-8-16(21)25-26(18(28)22-8)10-5-12(19)15(13(20)6-10)29-14-7-11(9-3-2-4-9)17(27)24-23-14;1-4-8(2)11(17(23)27)7-14(21)29-15-12(19)5-10(6-13(15)20)26-18(28)24-9(3)16(22)25-26/h4-12,30H,3,13H2,1-2H3,(H2,25,28)(H,26,31);4-10,25H,3H2,1-2H3,(H2,24,27)(H,26,29);6-8,10H,1-5H2,(H2,22,26)(H,23,29)(H,25,28);5-7,9H,1-4H2,(H2,21,25)(H,22,28)(H,24,27);5-8,21H,3-4H2,1-2H3,(H2,22,25)(H2,23,27)(H,24,28)/b;;;;11-7-,21-14?/t;;;;8-/m....0/s1. The lowest BCUT2D eigenvalue weighted by atomic mass is 9.81. The van der Waals surface area contributed by atoms with Gasteiger partial charge in [-0.1, -0.05) is 203 Å². The second-order valence-corrected chi connectivity index (χ2v) is 37.8. The molecule has 9 heterocycles. The van der Waals surface area contributed by atoms with Gasteiger partial charge in [0.25, 0.3) is 11.1 Å². The summed E-state index contributed by atoms with van der Waals surface area (Å²) in [6.07, 6.45) is 11.6. The number of rotatable bonds is 22.